The van der Waals surface area contributed by atoms with E-state index in [1.807, 2.05) is 0 Å². The zero-order chi connectivity index (χ0) is 13.3. The first-order chi connectivity index (χ1) is 7.91. The summed E-state index contributed by atoms with van der Waals surface area (Å²) < 4.78 is 12.2. The summed E-state index contributed by atoms with van der Waals surface area (Å²) >= 11 is 0. The molecular weight excluding hydrogens is 228 g/mol. The Kier molecular flexibility index (Phi) is 9.19. The van der Waals surface area contributed by atoms with Gasteiger partial charge in [0.25, 0.3) is 0 Å². The molecule has 0 aromatic heterocycles. The van der Waals surface area contributed by atoms with Crippen molar-refractivity contribution in [3.8, 4) is 0 Å². The molecule has 2 atom stereocenters. The van der Waals surface area contributed by atoms with Crippen LogP contribution in [0, 0.1) is 0 Å². The molecule has 0 radical (unpaired) electrons. The first kappa shape index (κ1) is 17.1. The minimum atomic E-state index is -1.93. The Bertz CT molecular complexity index is 165. The van der Waals surface area contributed by atoms with Gasteiger partial charge in [-0.05, 0) is 39.8 Å². The number of hydrogen-bond donors (Lipinski definition) is 0. The Morgan fingerprint density at radius 3 is 1.47 bits per heavy atom. The van der Waals surface area contributed by atoms with E-state index in [-0.39, 0.29) is 0 Å². The van der Waals surface area contributed by atoms with Crippen molar-refractivity contribution in [1.29, 1.82) is 0 Å². The molecule has 0 N–H and O–H groups in total. The van der Waals surface area contributed by atoms with Crippen molar-refractivity contribution >= 4 is 8.56 Å². The van der Waals surface area contributed by atoms with Crippen LogP contribution in [0.5, 0.6) is 0 Å². The monoisotopic (exact) mass is 260 g/mol. The van der Waals surface area contributed by atoms with Crippen molar-refractivity contribution in [2.75, 3.05) is 0 Å². The van der Waals surface area contributed by atoms with Gasteiger partial charge in [0.05, 0.1) is 0 Å². The van der Waals surface area contributed by atoms with Crippen LogP contribution >= 0.6 is 0 Å². The molecule has 0 amide bonds. The van der Waals surface area contributed by atoms with Crippen molar-refractivity contribution in [1.82, 2.24) is 0 Å². The Morgan fingerprint density at radius 1 is 0.824 bits per heavy atom. The normalized spacial score (nSPS) is 15.9. The summed E-state index contributed by atoms with van der Waals surface area (Å²) in [6.07, 6.45) is 7.96. The lowest BCUT2D eigenvalue weighted by molar-refractivity contribution is 0.0900. The van der Waals surface area contributed by atoms with Crippen LogP contribution in [-0.4, -0.2) is 20.8 Å². The SMILES string of the molecule is CCCCC(C)O[Si](C)(C)OC(C)CCCC. The lowest BCUT2D eigenvalue weighted by Gasteiger charge is -2.30. The van der Waals surface area contributed by atoms with Crippen LogP contribution in [0.3, 0.4) is 0 Å². The third kappa shape index (κ3) is 9.80. The van der Waals surface area contributed by atoms with Gasteiger partial charge in [-0.25, -0.2) is 0 Å². The third-order valence-corrected chi connectivity index (χ3v) is 4.84. The number of hydrogen-bond acceptors (Lipinski definition) is 2. The fraction of sp³-hybridized carbons (Fsp3) is 1.00. The van der Waals surface area contributed by atoms with Crippen molar-refractivity contribution in [3.05, 3.63) is 0 Å². The number of unbranched alkanes of at least 4 members (excludes halogenated alkanes) is 2. The number of rotatable bonds is 10. The van der Waals surface area contributed by atoms with E-state index in [1.54, 1.807) is 0 Å². The van der Waals surface area contributed by atoms with Crippen molar-refractivity contribution in [3.63, 3.8) is 0 Å². The molecule has 0 rings (SSSR count). The van der Waals surface area contributed by atoms with E-state index in [0.29, 0.717) is 12.2 Å². The molecule has 17 heavy (non-hydrogen) atoms. The summed E-state index contributed by atoms with van der Waals surface area (Å²) in [5.41, 5.74) is 0. The van der Waals surface area contributed by atoms with Gasteiger partial charge in [-0.1, -0.05) is 39.5 Å². The largest absolute Gasteiger partial charge is 0.392 e. The third-order valence-electron chi connectivity index (χ3n) is 2.90. The van der Waals surface area contributed by atoms with Crippen molar-refractivity contribution in [2.45, 2.75) is 91.5 Å². The fourth-order valence-corrected chi connectivity index (χ4v) is 4.33. The van der Waals surface area contributed by atoms with Crippen LogP contribution in [0.25, 0.3) is 0 Å². The highest BCUT2D eigenvalue weighted by molar-refractivity contribution is 6.64. The molecule has 0 saturated heterocycles. The zero-order valence-electron chi connectivity index (χ0n) is 12.7. The standard InChI is InChI=1S/C14H32O2Si/c1-7-9-11-13(3)15-17(5,6)16-14(4)12-10-8-2/h13-14H,7-12H2,1-6H3. The maximum absolute atomic E-state index is 6.11. The molecule has 0 heterocycles. The van der Waals surface area contributed by atoms with Gasteiger partial charge in [-0.2, -0.15) is 0 Å². The van der Waals surface area contributed by atoms with E-state index in [0.717, 1.165) is 12.8 Å². The van der Waals surface area contributed by atoms with Crippen molar-refractivity contribution in [2.24, 2.45) is 0 Å². The maximum atomic E-state index is 6.11. The molecule has 104 valence electrons. The molecule has 2 unspecified atom stereocenters. The Balaban J connectivity index is 3.91. The lowest BCUT2D eigenvalue weighted by atomic mass is 10.2. The highest BCUT2D eigenvalue weighted by atomic mass is 28.4. The second-order valence-electron chi connectivity index (χ2n) is 5.54. The summed E-state index contributed by atoms with van der Waals surface area (Å²) in [4.78, 5) is 0. The molecule has 3 heteroatoms. The van der Waals surface area contributed by atoms with Gasteiger partial charge < -0.3 is 8.85 Å². The minimum absolute atomic E-state index is 0.343. The predicted octanol–water partition coefficient (Wildman–Crippen LogP) is 4.88. The first-order valence-corrected chi connectivity index (χ1v) is 10.1. The lowest BCUT2D eigenvalue weighted by Crippen LogP contribution is -2.40. The van der Waals surface area contributed by atoms with Crippen LogP contribution in [0.4, 0.5) is 0 Å². The van der Waals surface area contributed by atoms with Gasteiger partial charge in [0.15, 0.2) is 0 Å². The summed E-state index contributed by atoms with van der Waals surface area (Å²) in [5, 5.41) is 0. The Hall–Kier alpha value is 0.137. The maximum Gasteiger partial charge on any atom is 0.332 e. The molecule has 0 fully saturated rings. The molecule has 0 aliphatic carbocycles. The Labute approximate surface area is 109 Å². The highest BCUT2D eigenvalue weighted by Gasteiger charge is 2.29. The molecule has 0 aliphatic heterocycles. The van der Waals surface area contributed by atoms with Gasteiger partial charge in [0.2, 0.25) is 0 Å². The van der Waals surface area contributed by atoms with Crippen molar-refractivity contribution < 1.29 is 8.85 Å². The first-order valence-electron chi connectivity index (χ1n) is 7.27. The van der Waals surface area contributed by atoms with E-state index in [2.05, 4.69) is 40.8 Å². The summed E-state index contributed by atoms with van der Waals surface area (Å²) in [6.45, 7) is 13.1. The summed E-state index contributed by atoms with van der Waals surface area (Å²) in [7, 11) is -1.93. The van der Waals surface area contributed by atoms with E-state index in [4.69, 9.17) is 8.85 Å². The van der Waals surface area contributed by atoms with Gasteiger partial charge >= 0.3 is 8.56 Å². The fourth-order valence-electron chi connectivity index (χ4n) is 2.10. The summed E-state index contributed by atoms with van der Waals surface area (Å²) in [6, 6.07) is 0. The van der Waals surface area contributed by atoms with Gasteiger partial charge in [-0.3, -0.25) is 0 Å². The van der Waals surface area contributed by atoms with Gasteiger partial charge in [0.1, 0.15) is 0 Å². The predicted molar refractivity (Wildman–Crippen MR) is 77.6 cm³/mol. The molecule has 0 bridgehead atoms. The second kappa shape index (κ2) is 9.12. The van der Waals surface area contributed by atoms with Crippen LogP contribution in [0.1, 0.15) is 66.2 Å². The van der Waals surface area contributed by atoms with E-state index in [1.165, 1.54) is 25.7 Å². The van der Waals surface area contributed by atoms with E-state index >= 15 is 0 Å². The van der Waals surface area contributed by atoms with E-state index in [9.17, 15) is 0 Å². The molecule has 0 aromatic carbocycles. The smallest absolute Gasteiger partial charge is 0.332 e. The average molecular weight is 260 g/mol. The molecular formula is C14H32O2Si. The zero-order valence-corrected chi connectivity index (χ0v) is 13.7. The molecule has 2 nitrogen and oxygen atoms in total. The quantitative estimate of drug-likeness (QED) is 0.521. The minimum Gasteiger partial charge on any atom is -0.392 e. The van der Waals surface area contributed by atoms with E-state index < -0.39 is 8.56 Å². The molecule has 0 aliphatic rings. The second-order valence-corrected chi connectivity index (χ2v) is 8.81. The highest BCUT2D eigenvalue weighted by Crippen LogP contribution is 2.17. The topological polar surface area (TPSA) is 18.5 Å². The average Bonchev–Trinajstić information content (AvgIpc) is 2.22. The molecule has 0 spiro atoms. The van der Waals surface area contributed by atoms with Crippen LogP contribution in [0.15, 0.2) is 0 Å². The molecule has 0 saturated carbocycles. The summed E-state index contributed by atoms with van der Waals surface area (Å²) in [5.74, 6) is 0. The van der Waals surface area contributed by atoms with Crippen LogP contribution in [0.2, 0.25) is 13.1 Å². The van der Waals surface area contributed by atoms with Gasteiger partial charge in [-0.15, -0.1) is 0 Å². The Morgan fingerprint density at radius 2 is 1.18 bits per heavy atom. The van der Waals surface area contributed by atoms with Crippen LogP contribution < -0.4 is 0 Å². The molecule has 0 aromatic rings. The van der Waals surface area contributed by atoms with Gasteiger partial charge in [0, 0.05) is 12.2 Å². The van der Waals surface area contributed by atoms with Crippen LogP contribution in [-0.2, 0) is 8.85 Å².